The molecule has 0 amide bonds. The Morgan fingerprint density at radius 1 is 1.37 bits per heavy atom. The van der Waals surface area contributed by atoms with Gasteiger partial charge in [-0.3, -0.25) is 4.57 Å². The van der Waals surface area contributed by atoms with Gasteiger partial charge in [-0.1, -0.05) is 0 Å². The second-order valence-corrected chi connectivity index (χ2v) is 7.35. The topological polar surface area (TPSA) is 115 Å². The highest BCUT2D eigenvalue weighted by atomic mass is 127. The monoisotopic (exact) mass is 409 g/mol. The molecule has 1 fully saturated rings. The minimum absolute atomic E-state index is 0. The molecule has 1 heterocycles. The van der Waals surface area contributed by atoms with E-state index in [2.05, 4.69) is 0 Å². The molecule has 0 aromatic rings. The standard InChI is InChI=1S/C10H20NO6P.HI/c1-11(2)6-4-3-5-8(11)7-10(14,9(12)13)18(15,16)17;/h8,14H,3-7H2,1-2H3,(H2-,12,13,15,16,17);1H. The molecule has 4 N–H and O–H groups in total. The number of aliphatic hydroxyl groups is 1. The molecule has 19 heavy (non-hydrogen) atoms. The zero-order valence-electron chi connectivity index (χ0n) is 11.0. The Morgan fingerprint density at radius 2 is 1.89 bits per heavy atom. The van der Waals surface area contributed by atoms with Crippen LogP contribution in [0.1, 0.15) is 25.7 Å². The first-order valence-electron chi connectivity index (χ1n) is 5.85. The first kappa shape index (κ1) is 19.3. The van der Waals surface area contributed by atoms with E-state index in [1.54, 1.807) is 0 Å². The van der Waals surface area contributed by atoms with Gasteiger partial charge in [0.2, 0.25) is 0 Å². The van der Waals surface area contributed by atoms with Crippen molar-refractivity contribution in [1.29, 1.82) is 0 Å². The van der Waals surface area contributed by atoms with Crippen LogP contribution in [0.15, 0.2) is 0 Å². The molecule has 114 valence electrons. The summed E-state index contributed by atoms with van der Waals surface area (Å²) in [5.41, 5.74) is 0. The molecule has 0 aromatic heterocycles. The molecule has 0 aliphatic carbocycles. The molecule has 1 rings (SSSR count). The Kier molecular flexibility index (Phi) is 6.45. The highest BCUT2D eigenvalue weighted by Gasteiger charge is 2.56. The number of carbonyl (C=O) groups is 1. The van der Waals surface area contributed by atoms with Crippen molar-refractivity contribution in [2.45, 2.75) is 37.1 Å². The Labute approximate surface area is 129 Å². The first-order valence-corrected chi connectivity index (χ1v) is 7.46. The maximum atomic E-state index is 11.2. The lowest BCUT2D eigenvalue weighted by molar-refractivity contribution is -0.920. The number of aliphatic carboxylic acids is 1. The van der Waals surface area contributed by atoms with Gasteiger partial charge in [-0.15, -0.1) is 0 Å². The number of piperidine rings is 1. The second-order valence-electron chi connectivity index (χ2n) is 5.52. The van der Waals surface area contributed by atoms with E-state index >= 15 is 0 Å². The Hall–Kier alpha value is 0.270. The van der Waals surface area contributed by atoms with Crippen LogP contribution in [0, 0.1) is 0 Å². The molecule has 2 unspecified atom stereocenters. The van der Waals surface area contributed by atoms with Gasteiger partial charge in [-0.2, -0.15) is 0 Å². The molecule has 0 aromatic carbocycles. The van der Waals surface area contributed by atoms with Gasteiger partial charge in [0.25, 0.3) is 5.34 Å². The summed E-state index contributed by atoms with van der Waals surface area (Å²) in [5.74, 6) is -1.86. The maximum Gasteiger partial charge on any atom is 0.368 e. The SMILES string of the molecule is C[N+]1(C)CCCCC1CC(O)(C(=O)O)P(=O)(O)O.[I-]. The summed E-state index contributed by atoms with van der Waals surface area (Å²) in [5, 5.41) is 15.8. The van der Waals surface area contributed by atoms with Gasteiger partial charge in [-0.05, 0) is 19.3 Å². The third kappa shape index (κ3) is 4.12. The quantitative estimate of drug-likeness (QED) is 0.223. The van der Waals surface area contributed by atoms with Crippen LogP contribution >= 0.6 is 7.60 Å². The minimum Gasteiger partial charge on any atom is -1.00 e. The fourth-order valence-corrected chi connectivity index (χ4v) is 3.14. The number of nitrogens with zero attached hydrogens (tertiary/aromatic N) is 1. The van der Waals surface area contributed by atoms with Crippen molar-refractivity contribution in [2.24, 2.45) is 0 Å². The highest BCUT2D eigenvalue weighted by Crippen LogP contribution is 2.52. The van der Waals surface area contributed by atoms with Crippen molar-refractivity contribution >= 4 is 13.6 Å². The number of hydrogen-bond acceptors (Lipinski definition) is 3. The lowest BCUT2D eigenvalue weighted by Crippen LogP contribution is -3.00. The number of halogens is 1. The van der Waals surface area contributed by atoms with Crippen LogP contribution in [0.5, 0.6) is 0 Å². The molecular formula is C10H21INO6P. The number of rotatable bonds is 4. The number of quaternary nitrogens is 1. The van der Waals surface area contributed by atoms with Crippen LogP contribution in [-0.4, -0.2) is 62.5 Å². The summed E-state index contributed by atoms with van der Waals surface area (Å²) < 4.78 is 11.7. The van der Waals surface area contributed by atoms with E-state index in [0.717, 1.165) is 19.4 Å². The van der Waals surface area contributed by atoms with Crippen molar-refractivity contribution in [3.63, 3.8) is 0 Å². The largest absolute Gasteiger partial charge is 1.00 e. The van der Waals surface area contributed by atoms with Crippen LogP contribution in [0.2, 0.25) is 0 Å². The van der Waals surface area contributed by atoms with Crippen molar-refractivity contribution < 1.29 is 57.8 Å². The average molecular weight is 409 g/mol. The summed E-state index contributed by atoms with van der Waals surface area (Å²) in [6.45, 7) is 0.807. The zero-order valence-corrected chi connectivity index (χ0v) is 14.0. The van der Waals surface area contributed by atoms with E-state index in [1.165, 1.54) is 0 Å². The normalized spacial score (nSPS) is 26.1. The van der Waals surface area contributed by atoms with Crippen molar-refractivity contribution in [2.75, 3.05) is 20.6 Å². The van der Waals surface area contributed by atoms with Crippen LogP contribution in [0.4, 0.5) is 0 Å². The Balaban J connectivity index is 0.00000324. The number of carboxylic acid groups (broad SMARTS) is 1. The van der Waals surface area contributed by atoms with E-state index in [0.29, 0.717) is 10.9 Å². The van der Waals surface area contributed by atoms with Gasteiger partial charge in [0.05, 0.1) is 33.1 Å². The smallest absolute Gasteiger partial charge is 0.368 e. The van der Waals surface area contributed by atoms with E-state index < -0.39 is 25.3 Å². The van der Waals surface area contributed by atoms with Gasteiger partial charge in [0.15, 0.2) is 0 Å². The molecule has 1 saturated heterocycles. The second kappa shape index (κ2) is 6.36. The molecule has 9 heteroatoms. The predicted octanol–water partition coefficient (Wildman–Crippen LogP) is -3.04. The fraction of sp³-hybridized carbons (Fsp3) is 0.900. The molecule has 1 aliphatic rings. The average Bonchev–Trinajstić information content (AvgIpc) is 2.18. The third-order valence-electron chi connectivity index (χ3n) is 3.85. The number of hydrogen-bond donors (Lipinski definition) is 4. The van der Waals surface area contributed by atoms with Crippen LogP contribution in [0.25, 0.3) is 0 Å². The summed E-state index contributed by atoms with van der Waals surface area (Å²) in [6, 6.07) is -0.271. The summed E-state index contributed by atoms with van der Waals surface area (Å²) >= 11 is 0. The fourth-order valence-electron chi connectivity index (χ4n) is 2.44. The molecule has 2 atom stereocenters. The van der Waals surface area contributed by atoms with Gasteiger partial charge in [0.1, 0.15) is 0 Å². The Morgan fingerprint density at radius 3 is 2.26 bits per heavy atom. The maximum absolute atomic E-state index is 11.2. The van der Waals surface area contributed by atoms with Gasteiger partial charge >= 0.3 is 13.6 Å². The van der Waals surface area contributed by atoms with Gasteiger partial charge < -0.3 is 48.5 Å². The summed E-state index contributed by atoms with van der Waals surface area (Å²) in [4.78, 5) is 29.2. The summed E-state index contributed by atoms with van der Waals surface area (Å²) in [7, 11) is -1.36. The molecule has 1 aliphatic heterocycles. The number of likely N-dealkylation sites (tertiary alicyclic amines) is 1. The molecule has 0 radical (unpaired) electrons. The van der Waals surface area contributed by atoms with E-state index in [1.807, 2.05) is 14.1 Å². The molecule has 7 nitrogen and oxygen atoms in total. The van der Waals surface area contributed by atoms with Crippen molar-refractivity contribution in [1.82, 2.24) is 0 Å². The van der Waals surface area contributed by atoms with E-state index in [-0.39, 0.29) is 30.0 Å². The molecule has 0 spiro atoms. The third-order valence-corrected chi connectivity index (χ3v) is 5.19. The summed E-state index contributed by atoms with van der Waals surface area (Å²) in [6.07, 6.45) is 2.09. The van der Waals surface area contributed by atoms with Crippen molar-refractivity contribution in [3.8, 4) is 0 Å². The van der Waals surface area contributed by atoms with E-state index in [4.69, 9.17) is 14.9 Å². The molecular weight excluding hydrogens is 388 g/mol. The van der Waals surface area contributed by atoms with Crippen LogP contribution in [0.3, 0.4) is 0 Å². The Bertz CT molecular complexity index is 384. The zero-order chi connectivity index (χ0) is 14.2. The van der Waals surface area contributed by atoms with Crippen molar-refractivity contribution in [3.05, 3.63) is 0 Å². The lowest BCUT2D eigenvalue weighted by atomic mass is 9.95. The van der Waals surface area contributed by atoms with Crippen LogP contribution in [-0.2, 0) is 9.36 Å². The van der Waals surface area contributed by atoms with Crippen LogP contribution < -0.4 is 24.0 Å². The van der Waals surface area contributed by atoms with Gasteiger partial charge in [0, 0.05) is 0 Å². The molecule has 0 bridgehead atoms. The van der Waals surface area contributed by atoms with Gasteiger partial charge in [-0.25, -0.2) is 4.79 Å². The number of carboxylic acids is 1. The van der Waals surface area contributed by atoms with E-state index in [9.17, 15) is 14.5 Å². The lowest BCUT2D eigenvalue weighted by Gasteiger charge is -2.43. The minimum atomic E-state index is -5.12. The highest BCUT2D eigenvalue weighted by molar-refractivity contribution is 7.54. The first-order chi connectivity index (χ1) is 8.01. The molecule has 0 saturated carbocycles. The predicted molar refractivity (Wildman–Crippen MR) is 63.9 cm³/mol.